The molecule has 0 aromatic carbocycles. The monoisotopic (exact) mass is 505 g/mol. The van der Waals surface area contributed by atoms with Gasteiger partial charge in [0.25, 0.3) is 0 Å². The van der Waals surface area contributed by atoms with Crippen LogP contribution in [0.2, 0.25) is 0 Å². The summed E-state index contributed by atoms with van der Waals surface area (Å²) in [5.74, 6) is -0.623. The average molecular weight is 505 g/mol. The second kappa shape index (κ2) is 12.1. The minimum atomic E-state index is -4.88. The number of nitrogens with one attached hydrogen (secondary N) is 1. The van der Waals surface area contributed by atoms with Crippen LogP contribution >= 0.6 is 0 Å². The number of carbonyl (C=O) groups is 1. The highest BCUT2D eigenvalue weighted by Crippen LogP contribution is 2.30. The maximum atomic E-state index is 11.6. The third-order valence-electron chi connectivity index (χ3n) is 5.05. The lowest BCUT2D eigenvalue weighted by Crippen LogP contribution is -2.67. The van der Waals surface area contributed by atoms with Crippen LogP contribution in [0.25, 0.3) is 0 Å². The maximum Gasteiger partial charge on any atom is 0.397 e. The molecule has 0 aliphatic carbocycles. The number of aliphatic hydroxyl groups is 5. The number of carbonyl (C=O) groups excluding carboxylic acids is 1. The van der Waals surface area contributed by atoms with Crippen LogP contribution < -0.4 is 5.32 Å². The van der Waals surface area contributed by atoms with E-state index in [0.717, 1.165) is 6.92 Å². The Balaban J connectivity index is 2.28. The molecule has 2 aliphatic heterocycles. The normalized spacial score (nSPS) is 39.9. The van der Waals surface area contributed by atoms with E-state index in [0.29, 0.717) is 6.42 Å². The van der Waals surface area contributed by atoms with Gasteiger partial charge in [0.1, 0.15) is 48.8 Å². The molecule has 0 radical (unpaired) electrons. The SMILES string of the molecule is CCCO[C@H]1O[C@H](COS(=O)(=O)O)[C@@H](O)[C@H](O[C@@H]2O[C@H](CO)[C@@H](O)[C@H](O)[C@H]2NC(C)=O)[C@H]1O. The summed E-state index contributed by atoms with van der Waals surface area (Å²) in [5.41, 5.74) is 0. The first-order chi connectivity index (χ1) is 15.4. The van der Waals surface area contributed by atoms with Gasteiger partial charge < -0.3 is 49.8 Å². The van der Waals surface area contributed by atoms with Gasteiger partial charge in [-0.25, -0.2) is 4.18 Å². The second-order valence-electron chi connectivity index (χ2n) is 7.64. The van der Waals surface area contributed by atoms with Gasteiger partial charge in [0.2, 0.25) is 5.91 Å². The highest BCUT2D eigenvalue weighted by Gasteiger charge is 2.51. The standard InChI is InChI=1S/C17H31NO14S/c1-3-4-28-17-14(24)15(12(22)9(31-17)6-29-33(25,26)27)32-16-10(18-7(2)20)13(23)11(21)8(5-19)30-16/h8-17,19,21-24H,3-6H2,1-2H3,(H,18,20)(H,25,26,27)/t8-,9-,10-,11-,12-,13-,14-,15+,16+,17+/m1/s1. The Morgan fingerprint density at radius 1 is 1.00 bits per heavy atom. The van der Waals surface area contributed by atoms with E-state index in [1.54, 1.807) is 6.92 Å². The Labute approximate surface area is 190 Å². The van der Waals surface area contributed by atoms with E-state index in [9.17, 15) is 38.7 Å². The summed E-state index contributed by atoms with van der Waals surface area (Å²) < 4.78 is 56.7. The summed E-state index contributed by atoms with van der Waals surface area (Å²) in [5, 5.41) is 53.6. The third kappa shape index (κ3) is 7.48. The number of ether oxygens (including phenoxy) is 4. The predicted molar refractivity (Wildman–Crippen MR) is 105 cm³/mol. The van der Waals surface area contributed by atoms with Crippen molar-refractivity contribution in [2.45, 2.75) is 81.6 Å². The van der Waals surface area contributed by atoms with E-state index in [1.807, 2.05) is 0 Å². The molecule has 7 N–H and O–H groups in total. The van der Waals surface area contributed by atoms with Gasteiger partial charge in [0.05, 0.1) is 13.2 Å². The summed E-state index contributed by atoms with van der Waals surface area (Å²) in [6, 6.07) is -1.37. The molecule has 0 saturated carbocycles. The Morgan fingerprint density at radius 2 is 1.64 bits per heavy atom. The Hall–Kier alpha value is -1.02. The third-order valence-corrected chi connectivity index (χ3v) is 5.49. The van der Waals surface area contributed by atoms with Crippen molar-refractivity contribution in [3.05, 3.63) is 0 Å². The van der Waals surface area contributed by atoms with Gasteiger partial charge in [-0.15, -0.1) is 0 Å². The quantitative estimate of drug-likeness (QED) is 0.140. The maximum absolute atomic E-state index is 11.6. The minimum Gasteiger partial charge on any atom is -0.394 e. The molecule has 15 nitrogen and oxygen atoms in total. The zero-order valence-corrected chi connectivity index (χ0v) is 18.8. The van der Waals surface area contributed by atoms with Crippen LogP contribution in [0.1, 0.15) is 20.3 Å². The van der Waals surface area contributed by atoms with Crippen molar-refractivity contribution >= 4 is 16.3 Å². The number of hydrogen-bond acceptors (Lipinski definition) is 13. The van der Waals surface area contributed by atoms with E-state index in [1.165, 1.54) is 0 Å². The predicted octanol–water partition coefficient (Wildman–Crippen LogP) is -3.99. The van der Waals surface area contributed by atoms with Gasteiger partial charge >= 0.3 is 10.4 Å². The molecule has 2 rings (SSSR count). The van der Waals surface area contributed by atoms with Gasteiger partial charge in [0.15, 0.2) is 12.6 Å². The summed E-state index contributed by atoms with van der Waals surface area (Å²) in [6.07, 6.45) is -13.5. The molecule has 2 heterocycles. The lowest BCUT2D eigenvalue weighted by molar-refractivity contribution is -0.347. The Kier molecular flexibility index (Phi) is 10.3. The van der Waals surface area contributed by atoms with Crippen LogP contribution in [0.15, 0.2) is 0 Å². The van der Waals surface area contributed by atoms with Crippen molar-refractivity contribution in [2.75, 3.05) is 19.8 Å². The average Bonchev–Trinajstić information content (AvgIpc) is 2.73. The molecule has 0 unspecified atom stereocenters. The smallest absolute Gasteiger partial charge is 0.394 e. The molecule has 194 valence electrons. The number of hydrogen-bond donors (Lipinski definition) is 7. The fraction of sp³-hybridized carbons (Fsp3) is 0.941. The van der Waals surface area contributed by atoms with Gasteiger partial charge in [-0.2, -0.15) is 8.42 Å². The van der Waals surface area contributed by atoms with Gasteiger partial charge in [-0.05, 0) is 6.42 Å². The number of aliphatic hydroxyl groups excluding tert-OH is 5. The molecule has 33 heavy (non-hydrogen) atoms. The summed E-state index contributed by atoms with van der Waals surface area (Å²) in [6.45, 7) is 1.43. The first-order valence-corrected chi connectivity index (χ1v) is 11.6. The van der Waals surface area contributed by atoms with E-state index in [4.69, 9.17) is 23.5 Å². The number of rotatable bonds is 10. The first kappa shape index (κ1) is 28.2. The van der Waals surface area contributed by atoms with Crippen molar-refractivity contribution in [2.24, 2.45) is 0 Å². The molecule has 2 fully saturated rings. The van der Waals surface area contributed by atoms with Gasteiger partial charge in [-0.3, -0.25) is 9.35 Å². The fourth-order valence-corrected chi connectivity index (χ4v) is 3.77. The molecule has 16 heteroatoms. The van der Waals surface area contributed by atoms with E-state index < -0.39 is 90.9 Å². The molecule has 0 aromatic heterocycles. The zero-order valence-electron chi connectivity index (χ0n) is 18.0. The van der Waals surface area contributed by atoms with Gasteiger partial charge in [0, 0.05) is 13.5 Å². The number of amides is 1. The lowest BCUT2D eigenvalue weighted by Gasteiger charge is -2.47. The van der Waals surface area contributed by atoms with Crippen LogP contribution in [0, 0.1) is 0 Å². The summed E-state index contributed by atoms with van der Waals surface area (Å²) in [4.78, 5) is 11.6. The molecule has 0 aromatic rings. The highest BCUT2D eigenvalue weighted by atomic mass is 32.3. The topological polar surface area (TPSA) is 231 Å². The van der Waals surface area contributed by atoms with Crippen LogP contribution in [0.5, 0.6) is 0 Å². The second-order valence-corrected chi connectivity index (χ2v) is 8.73. The summed E-state index contributed by atoms with van der Waals surface area (Å²) >= 11 is 0. The summed E-state index contributed by atoms with van der Waals surface area (Å²) in [7, 11) is -4.88. The van der Waals surface area contributed by atoms with Crippen LogP contribution in [-0.2, 0) is 38.3 Å². The van der Waals surface area contributed by atoms with Crippen molar-refractivity contribution in [3.63, 3.8) is 0 Å². The lowest BCUT2D eigenvalue weighted by atomic mass is 9.95. The Bertz CT molecular complexity index is 737. The van der Waals surface area contributed by atoms with Crippen molar-refractivity contribution in [1.29, 1.82) is 0 Å². The fourth-order valence-electron chi connectivity index (χ4n) is 3.47. The van der Waals surface area contributed by atoms with Crippen LogP contribution in [0.3, 0.4) is 0 Å². The van der Waals surface area contributed by atoms with Crippen molar-refractivity contribution in [1.82, 2.24) is 5.32 Å². The first-order valence-electron chi connectivity index (χ1n) is 10.2. The highest BCUT2D eigenvalue weighted by molar-refractivity contribution is 7.80. The van der Waals surface area contributed by atoms with Crippen LogP contribution in [-0.4, -0.2) is 126 Å². The molecule has 0 bridgehead atoms. The van der Waals surface area contributed by atoms with Gasteiger partial charge in [-0.1, -0.05) is 6.92 Å². The molecule has 2 saturated heterocycles. The van der Waals surface area contributed by atoms with Crippen LogP contribution in [0.4, 0.5) is 0 Å². The molecule has 0 spiro atoms. The van der Waals surface area contributed by atoms with E-state index in [2.05, 4.69) is 9.50 Å². The molecule has 2 aliphatic rings. The van der Waals surface area contributed by atoms with Crippen molar-refractivity contribution in [3.8, 4) is 0 Å². The molecular formula is C17H31NO14S. The minimum absolute atomic E-state index is 0.113. The molecule has 1 amide bonds. The zero-order chi connectivity index (χ0) is 24.9. The molecule has 10 atom stereocenters. The molecular weight excluding hydrogens is 474 g/mol. The van der Waals surface area contributed by atoms with Crippen molar-refractivity contribution < 1.29 is 66.4 Å². The largest absolute Gasteiger partial charge is 0.397 e. The van der Waals surface area contributed by atoms with E-state index >= 15 is 0 Å². The van der Waals surface area contributed by atoms with E-state index in [-0.39, 0.29) is 6.61 Å². The Morgan fingerprint density at radius 3 is 2.18 bits per heavy atom.